The molecule has 2 aromatic rings. The van der Waals surface area contributed by atoms with Crippen LogP contribution in [0.2, 0.25) is 0 Å². The number of esters is 1. The van der Waals surface area contributed by atoms with E-state index < -0.39 is 11.4 Å². The molecule has 0 aromatic heterocycles. The van der Waals surface area contributed by atoms with Crippen LogP contribution in [-0.4, -0.2) is 30.3 Å². The van der Waals surface area contributed by atoms with Crippen molar-refractivity contribution in [2.24, 2.45) is 0 Å². The molecule has 24 heavy (non-hydrogen) atoms. The van der Waals surface area contributed by atoms with Gasteiger partial charge in [0.05, 0.1) is 30.6 Å². The van der Waals surface area contributed by atoms with Crippen LogP contribution >= 0.6 is 0 Å². The van der Waals surface area contributed by atoms with E-state index in [0.717, 1.165) is 11.1 Å². The quantitative estimate of drug-likeness (QED) is 0.826. The minimum Gasteiger partial charge on any atom is -0.478 e. The van der Waals surface area contributed by atoms with Crippen LogP contribution < -0.4 is 0 Å². The van der Waals surface area contributed by atoms with Crippen molar-refractivity contribution >= 4 is 11.9 Å². The number of hydrogen-bond acceptors (Lipinski definition) is 4. The molecule has 0 saturated carbocycles. The van der Waals surface area contributed by atoms with Crippen LogP contribution in [-0.2, 0) is 26.3 Å². The third-order valence-corrected chi connectivity index (χ3v) is 4.20. The van der Waals surface area contributed by atoms with Gasteiger partial charge in [0.25, 0.3) is 0 Å². The predicted octanol–water partition coefficient (Wildman–Crippen LogP) is 2.79. The SMILES string of the molecule is O=C(CC1(c2cccc(C(=O)O)c2)COC1)OCc1ccccc1. The molecule has 0 unspecified atom stereocenters. The van der Waals surface area contributed by atoms with Crippen molar-refractivity contribution in [3.05, 3.63) is 71.3 Å². The fourth-order valence-corrected chi connectivity index (χ4v) is 2.77. The second-order valence-corrected chi connectivity index (χ2v) is 5.98. The zero-order valence-corrected chi connectivity index (χ0v) is 13.1. The molecule has 1 fully saturated rings. The van der Waals surface area contributed by atoms with Gasteiger partial charge in [0.2, 0.25) is 0 Å². The lowest BCUT2D eigenvalue weighted by molar-refractivity contribution is -0.153. The maximum Gasteiger partial charge on any atom is 0.335 e. The zero-order valence-electron chi connectivity index (χ0n) is 13.1. The summed E-state index contributed by atoms with van der Waals surface area (Å²) in [6.45, 7) is 0.999. The normalized spacial score (nSPS) is 15.3. The van der Waals surface area contributed by atoms with Crippen molar-refractivity contribution in [3.8, 4) is 0 Å². The molecule has 0 atom stereocenters. The van der Waals surface area contributed by atoms with Gasteiger partial charge in [0.15, 0.2) is 0 Å². The lowest BCUT2D eigenvalue weighted by atomic mass is 9.75. The number of benzene rings is 2. The highest BCUT2D eigenvalue weighted by molar-refractivity contribution is 5.88. The van der Waals surface area contributed by atoms with Gasteiger partial charge in [-0.3, -0.25) is 4.79 Å². The first-order chi connectivity index (χ1) is 11.6. The Morgan fingerprint density at radius 1 is 1.08 bits per heavy atom. The van der Waals surface area contributed by atoms with Gasteiger partial charge in [-0.2, -0.15) is 0 Å². The maximum atomic E-state index is 12.2. The third kappa shape index (κ3) is 3.46. The number of carboxylic acid groups (broad SMARTS) is 1. The lowest BCUT2D eigenvalue weighted by Gasteiger charge is -2.41. The third-order valence-electron chi connectivity index (χ3n) is 4.20. The van der Waals surface area contributed by atoms with E-state index in [9.17, 15) is 9.59 Å². The molecule has 1 saturated heterocycles. The Morgan fingerprint density at radius 2 is 1.83 bits per heavy atom. The number of carbonyl (C=O) groups excluding carboxylic acids is 1. The molecule has 3 rings (SSSR count). The van der Waals surface area contributed by atoms with Gasteiger partial charge in [-0.05, 0) is 23.3 Å². The van der Waals surface area contributed by atoms with Crippen LogP contribution in [0.3, 0.4) is 0 Å². The van der Waals surface area contributed by atoms with E-state index in [0.29, 0.717) is 13.2 Å². The summed E-state index contributed by atoms with van der Waals surface area (Å²) in [5.41, 5.74) is 1.43. The molecular formula is C19H18O5. The van der Waals surface area contributed by atoms with Crippen LogP contribution in [0.15, 0.2) is 54.6 Å². The van der Waals surface area contributed by atoms with Gasteiger partial charge in [-0.1, -0.05) is 42.5 Å². The molecule has 5 nitrogen and oxygen atoms in total. The van der Waals surface area contributed by atoms with Crippen LogP contribution in [0.25, 0.3) is 0 Å². The molecule has 2 aromatic carbocycles. The first-order valence-corrected chi connectivity index (χ1v) is 7.70. The monoisotopic (exact) mass is 326 g/mol. The number of rotatable bonds is 6. The molecule has 5 heteroatoms. The number of carboxylic acids is 1. The standard InChI is InChI=1S/C19H18O5/c20-17(24-11-14-5-2-1-3-6-14)10-19(12-23-13-19)16-8-4-7-15(9-16)18(21)22/h1-9H,10-13H2,(H,21,22). The van der Waals surface area contributed by atoms with E-state index >= 15 is 0 Å². The summed E-state index contributed by atoms with van der Waals surface area (Å²) in [7, 11) is 0. The molecule has 0 radical (unpaired) electrons. The predicted molar refractivity (Wildman–Crippen MR) is 86.8 cm³/mol. The Balaban J connectivity index is 1.68. The molecule has 124 valence electrons. The first kappa shape index (κ1) is 16.2. The number of ether oxygens (including phenoxy) is 2. The van der Waals surface area contributed by atoms with Crippen molar-refractivity contribution in [1.82, 2.24) is 0 Å². The van der Waals surface area contributed by atoms with E-state index in [-0.39, 0.29) is 24.6 Å². The average Bonchev–Trinajstić information content (AvgIpc) is 2.57. The Hall–Kier alpha value is -2.66. The van der Waals surface area contributed by atoms with Gasteiger partial charge in [0, 0.05) is 0 Å². The molecule has 1 aliphatic heterocycles. The Labute approximate surface area is 139 Å². The Kier molecular flexibility index (Phi) is 4.62. The summed E-state index contributed by atoms with van der Waals surface area (Å²) in [4.78, 5) is 23.4. The maximum absolute atomic E-state index is 12.2. The molecule has 0 spiro atoms. The van der Waals surface area contributed by atoms with Gasteiger partial charge in [-0.15, -0.1) is 0 Å². The number of carbonyl (C=O) groups is 2. The molecular weight excluding hydrogens is 308 g/mol. The van der Waals surface area contributed by atoms with Gasteiger partial charge < -0.3 is 14.6 Å². The summed E-state index contributed by atoms with van der Waals surface area (Å²) in [6.07, 6.45) is 0.170. The van der Waals surface area contributed by atoms with Crippen molar-refractivity contribution in [2.45, 2.75) is 18.4 Å². The molecule has 1 heterocycles. The van der Waals surface area contributed by atoms with Crippen molar-refractivity contribution in [2.75, 3.05) is 13.2 Å². The van der Waals surface area contributed by atoms with Crippen LogP contribution in [0, 0.1) is 0 Å². The van der Waals surface area contributed by atoms with E-state index in [1.165, 1.54) is 6.07 Å². The Bertz CT molecular complexity index is 734. The molecule has 0 amide bonds. The summed E-state index contributed by atoms with van der Waals surface area (Å²) >= 11 is 0. The molecule has 1 aliphatic rings. The van der Waals surface area contributed by atoms with Crippen LogP contribution in [0.5, 0.6) is 0 Å². The number of aromatic carboxylic acids is 1. The van der Waals surface area contributed by atoms with E-state index in [4.69, 9.17) is 14.6 Å². The Morgan fingerprint density at radius 3 is 2.46 bits per heavy atom. The highest BCUT2D eigenvalue weighted by Gasteiger charge is 2.43. The fraction of sp³-hybridized carbons (Fsp3) is 0.263. The second-order valence-electron chi connectivity index (χ2n) is 5.98. The van der Waals surface area contributed by atoms with Gasteiger partial charge >= 0.3 is 11.9 Å². The van der Waals surface area contributed by atoms with Gasteiger partial charge in [0.1, 0.15) is 6.61 Å². The highest BCUT2D eigenvalue weighted by Crippen LogP contribution is 2.36. The fourth-order valence-electron chi connectivity index (χ4n) is 2.77. The summed E-state index contributed by atoms with van der Waals surface area (Å²) < 4.78 is 10.6. The lowest BCUT2D eigenvalue weighted by Crippen LogP contribution is -2.48. The highest BCUT2D eigenvalue weighted by atomic mass is 16.5. The van der Waals surface area contributed by atoms with E-state index in [1.807, 2.05) is 36.4 Å². The average molecular weight is 326 g/mol. The van der Waals surface area contributed by atoms with Crippen molar-refractivity contribution < 1.29 is 24.2 Å². The van der Waals surface area contributed by atoms with Crippen LogP contribution in [0.4, 0.5) is 0 Å². The minimum absolute atomic E-state index is 0.170. The molecule has 0 bridgehead atoms. The van der Waals surface area contributed by atoms with Crippen molar-refractivity contribution in [3.63, 3.8) is 0 Å². The minimum atomic E-state index is -0.987. The van der Waals surface area contributed by atoms with E-state index in [1.54, 1.807) is 12.1 Å². The first-order valence-electron chi connectivity index (χ1n) is 7.70. The topological polar surface area (TPSA) is 72.8 Å². The second kappa shape index (κ2) is 6.84. The summed E-state index contributed by atoms with van der Waals surface area (Å²) in [6, 6.07) is 16.1. The summed E-state index contributed by atoms with van der Waals surface area (Å²) in [5, 5.41) is 9.14. The number of hydrogen-bond donors (Lipinski definition) is 1. The van der Waals surface area contributed by atoms with E-state index in [2.05, 4.69) is 0 Å². The zero-order chi connectivity index (χ0) is 17.0. The summed E-state index contributed by atoms with van der Waals surface area (Å²) in [5.74, 6) is -1.30. The molecule has 0 aliphatic carbocycles. The van der Waals surface area contributed by atoms with Crippen molar-refractivity contribution in [1.29, 1.82) is 0 Å². The smallest absolute Gasteiger partial charge is 0.335 e. The van der Waals surface area contributed by atoms with Gasteiger partial charge in [-0.25, -0.2) is 4.79 Å². The largest absolute Gasteiger partial charge is 0.478 e. The molecule has 1 N–H and O–H groups in total. The van der Waals surface area contributed by atoms with Crippen LogP contribution in [0.1, 0.15) is 27.9 Å².